The Morgan fingerprint density at radius 3 is 2.78 bits per heavy atom. The molecule has 0 spiro atoms. The number of hydrogen-bond donors (Lipinski definition) is 2. The lowest BCUT2D eigenvalue weighted by Gasteiger charge is -2.09. The molecule has 0 saturated heterocycles. The van der Waals surface area contributed by atoms with Gasteiger partial charge in [0, 0.05) is 25.2 Å². The molecule has 0 unspecified atom stereocenters. The van der Waals surface area contributed by atoms with Crippen molar-refractivity contribution in [2.75, 3.05) is 19.6 Å². The lowest BCUT2D eigenvalue weighted by atomic mass is 10.1. The Labute approximate surface area is 108 Å². The van der Waals surface area contributed by atoms with Gasteiger partial charge in [-0.2, -0.15) is 0 Å². The van der Waals surface area contributed by atoms with Crippen LogP contribution in [0.3, 0.4) is 0 Å². The Morgan fingerprint density at radius 1 is 1.44 bits per heavy atom. The van der Waals surface area contributed by atoms with Gasteiger partial charge in [-0.25, -0.2) is 0 Å². The summed E-state index contributed by atoms with van der Waals surface area (Å²) in [5.74, 6) is 1.69. The Morgan fingerprint density at radius 2 is 2.22 bits per heavy atom. The molecular weight excluding hydrogens is 228 g/mol. The Hall–Kier alpha value is -1.78. The third-order valence-corrected chi connectivity index (χ3v) is 2.57. The average Bonchev–Trinajstić information content (AvgIpc) is 2.67. The maximum Gasteiger partial charge on any atom is 0.191 e. The highest BCUT2D eigenvalue weighted by atomic mass is 16.5. The molecule has 1 aromatic rings. The van der Waals surface area contributed by atoms with Crippen LogP contribution in [0.25, 0.3) is 0 Å². The zero-order chi connectivity index (χ0) is 13.4. The van der Waals surface area contributed by atoms with Crippen LogP contribution in [-0.4, -0.2) is 30.8 Å². The molecule has 1 rings (SSSR count). The van der Waals surface area contributed by atoms with E-state index in [0.717, 1.165) is 35.9 Å². The summed E-state index contributed by atoms with van der Waals surface area (Å²) in [7, 11) is 0. The van der Waals surface area contributed by atoms with Crippen LogP contribution in [0.5, 0.6) is 0 Å². The molecular formula is C13H22N4O. The molecule has 0 amide bonds. The number of aryl methyl sites for hydroxylation is 2. The second-order valence-electron chi connectivity index (χ2n) is 3.98. The van der Waals surface area contributed by atoms with Crippen LogP contribution in [-0.2, 0) is 6.42 Å². The number of aromatic nitrogens is 1. The minimum Gasteiger partial charge on any atom is -0.361 e. The molecule has 5 heteroatoms. The number of nitrogens with one attached hydrogen (secondary N) is 2. The topological polar surface area (TPSA) is 62.5 Å². The minimum atomic E-state index is 0.704. The van der Waals surface area contributed by atoms with E-state index in [1.165, 1.54) is 0 Å². The van der Waals surface area contributed by atoms with Crippen molar-refractivity contribution in [1.29, 1.82) is 0 Å². The first-order valence-corrected chi connectivity index (χ1v) is 6.23. The summed E-state index contributed by atoms with van der Waals surface area (Å²) < 4.78 is 5.12. The minimum absolute atomic E-state index is 0.704. The van der Waals surface area contributed by atoms with E-state index in [-0.39, 0.29) is 0 Å². The van der Waals surface area contributed by atoms with Gasteiger partial charge >= 0.3 is 0 Å². The van der Waals surface area contributed by atoms with E-state index >= 15 is 0 Å². The highest BCUT2D eigenvalue weighted by Crippen LogP contribution is 2.12. The molecule has 1 aromatic heterocycles. The number of guanidine groups is 1. The van der Waals surface area contributed by atoms with Gasteiger partial charge in [-0.05, 0) is 27.2 Å². The number of hydrogen-bond acceptors (Lipinski definition) is 3. The van der Waals surface area contributed by atoms with Crippen LogP contribution in [0, 0.1) is 13.8 Å². The van der Waals surface area contributed by atoms with E-state index in [4.69, 9.17) is 4.52 Å². The van der Waals surface area contributed by atoms with Gasteiger partial charge in [0.05, 0.1) is 5.69 Å². The summed E-state index contributed by atoms with van der Waals surface area (Å²) in [5, 5.41) is 10.3. The van der Waals surface area contributed by atoms with Crippen LogP contribution >= 0.6 is 0 Å². The van der Waals surface area contributed by atoms with Crippen molar-refractivity contribution in [3.63, 3.8) is 0 Å². The Bertz CT molecular complexity index is 390. The lowest BCUT2D eigenvalue weighted by molar-refractivity contribution is 0.392. The zero-order valence-corrected chi connectivity index (χ0v) is 11.4. The first-order chi connectivity index (χ1) is 8.69. The fraction of sp³-hybridized carbons (Fsp3) is 0.538. The SMILES string of the molecule is C=CCNC(=NCCc1c(C)noc1C)NCC. The van der Waals surface area contributed by atoms with Gasteiger partial charge in [0.1, 0.15) is 5.76 Å². The highest BCUT2D eigenvalue weighted by molar-refractivity contribution is 5.79. The molecule has 0 aromatic carbocycles. The molecule has 100 valence electrons. The summed E-state index contributed by atoms with van der Waals surface area (Å²) >= 11 is 0. The van der Waals surface area contributed by atoms with Gasteiger partial charge in [-0.15, -0.1) is 6.58 Å². The first-order valence-electron chi connectivity index (χ1n) is 6.23. The molecule has 0 saturated carbocycles. The van der Waals surface area contributed by atoms with Crippen LogP contribution in [0.1, 0.15) is 23.9 Å². The van der Waals surface area contributed by atoms with Crippen LogP contribution in [0.4, 0.5) is 0 Å². The lowest BCUT2D eigenvalue weighted by Crippen LogP contribution is -2.37. The van der Waals surface area contributed by atoms with Crippen molar-refractivity contribution in [2.45, 2.75) is 27.2 Å². The largest absolute Gasteiger partial charge is 0.361 e. The Balaban J connectivity index is 2.52. The number of aliphatic imine (C=N–C) groups is 1. The molecule has 2 N–H and O–H groups in total. The van der Waals surface area contributed by atoms with Crippen LogP contribution in [0.15, 0.2) is 22.2 Å². The second kappa shape index (κ2) is 7.53. The maximum atomic E-state index is 5.12. The fourth-order valence-corrected chi connectivity index (χ4v) is 1.65. The molecule has 0 bridgehead atoms. The second-order valence-corrected chi connectivity index (χ2v) is 3.98. The molecule has 0 atom stereocenters. The summed E-state index contributed by atoms with van der Waals surface area (Å²) in [5.41, 5.74) is 2.10. The van der Waals surface area contributed by atoms with E-state index in [1.807, 2.05) is 20.8 Å². The molecule has 0 aliphatic carbocycles. The first kappa shape index (κ1) is 14.3. The van der Waals surface area contributed by atoms with Crippen molar-refractivity contribution < 1.29 is 4.52 Å². The van der Waals surface area contributed by atoms with Gasteiger partial charge in [-0.1, -0.05) is 11.2 Å². The van der Waals surface area contributed by atoms with Gasteiger partial charge in [0.15, 0.2) is 5.96 Å². The summed E-state index contributed by atoms with van der Waals surface area (Å²) in [6.45, 7) is 11.8. The van der Waals surface area contributed by atoms with Gasteiger partial charge in [0.25, 0.3) is 0 Å². The molecule has 0 radical (unpaired) electrons. The smallest absolute Gasteiger partial charge is 0.191 e. The normalized spacial score (nSPS) is 11.4. The summed E-state index contributed by atoms with van der Waals surface area (Å²) in [6.07, 6.45) is 2.65. The van der Waals surface area contributed by atoms with E-state index < -0.39 is 0 Å². The molecule has 5 nitrogen and oxygen atoms in total. The van der Waals surface area contributed by atoms with E-state index in [9.17, 15) is 0 Å². The molecule has 0 aliphatic rings. The predicted molar refractivity (Wildman–Crippen MR) is 73.9 cm³/mol. The predicted octanol–water partition coefficient (Wildman–Crippen LogP) is 1.58. The third-order valence-electron chi connectivity index (χ3n) is 2.57. The van der Waals surface area contributed by atoms with E-state index in [2.05, 4.69) is 27.4 Å². The zero-order valence-electron chi connectivity index (χ0n) is 11.4. The summed E-state index contributed by atoms with van der Waals surface area (Å²) in [4.78, 5) is 4.49. The average molecular weight is 250 g/mol. The Kier molecular flexibility index (Phi) is 5.97. The molecule has 18 heavy (non-hydrogen) atoms. The summed E-state index contributed by atoms with van der Waals surface area (Å²) in [6, 6.07) is 0. The van der Waals surface area contributed by atoms with Crippen LogP contribution < -0.4 is 10.6 Å². The van der Waals surface area contributed by atoms with Gasteiger partial charge in [0.2, 0.25) is 0 Å². The van der Waals surface area contributed by atoms with Crippen molar-refractivity contribution in [3.05, 3.63) is 29.7 Å². The maximum absolute atomic E-state index is 5.12. The highest BCUT2D eigenvalue weighted by Gasteiger charge is 2.07. The van der Waals surface area contributed by atoms with E-state index in [0.29, 0.717) is 13.1 Å². The van der Waals surface area contributed by atoms with Crippen molar-refractivity contribution in [3.8, 4) is 0 Å². The fourth-order valence-electron chi connectivity index (χ4n) is 1.65. The van der Waals surface area contributed by atoms with Crippen molar-refractivity contribution in [2.24, 2.45) is 4.99 Å². The molecule has 1 heterocycles. The number of nitrogens with zero attached hydrogens (tertiary/aromatic N) is 2. The van der Waals surface area contributed by atoms with Gasteiger partial charge in [-0.3, -0.25) is 4.99 Å². The molecule has 0 fully saturated rings. The standard InChI is InChI=1S/C13H22N4O/c1-5-8-15-13(14-6-2)16-9-7-12-10(3)17-18-11(12)4/h5H,1,6-9H2,2-4H3,(H2,14,15,16). The number of rotatable bonds is 6. The quantitative estimate of drug-likeness (QED) is 0.457. The van der Waals surface area contributed by atoms with Crippen molar-refractivity contribution in [1.82, 2.24) is 15.8 Å². The van der Waals surface area contributed by atoms with Crippen LogP contribution in [0.2, 0.25) is 0 Å². The van der Waals surface area contributed by atoms with E-state index in [1.54, 1.807) is 6.08 Å². The third kappa shape index (κ3) is 4.24. The van der Waals surface area contributed by atoms with Crippen molar-refractivity contribution >= 4 is 5.96 Å². The van der Waals surface area contributed by atoms with Gasteiger partial charge < -0.3 is 15.2 Å². The molecule has 0 aliphatic heterocycles. The monoisotopic (exact) mass is 250 g/mol.